The van der Waals surface area contributed by atoms with E-state index in [2.05, 4.69) is 21.7 Å². The highest BCUT2D eigenvalue weighted by molar-refractivity contribution is 5.98. The molecule has 0 N–H and O–H groups in total. The van der Waals surface area contributed by atoms with E-state index in [-0.39, 0.29) is 5.91 Å². The highest BCUT2D eigenvalue weighted by Crippen LogP contribution is 2.38. The maximum Gasteiger partial charge on any atom is 0.253 e. The number of fused-ring (bicyclic) bond motifs is 5. The van der Waals surface area contributed by atoms with E-state index in [9.17, 15) is 9.59 Å². The fourth-order valence-corrected chi connectivity index (χ4v) is 5.66. The Labute approximate surface area is 171 Å². The van der Waals surface area contributed by atoms with Gasteiger partial charge in [-0.25, -0.2) is 0 Å². The van der Waals surface area contributed by atoms with E-state index in [0.29, 0.717) is 36.8 Å². The summed E-state index contributed by atoms with van der Waals surface area (Å²) in [6.45, 7) is 3.77. The van der Waals surface area contributed by atoms with Gasteiger partial charge in [-0.1, -0.05) is 6.07 Å². The molecule has 3 aliphatic heterocycles. The number of hydrogen-bond donors (Lipinski definition) is 0. The molecule has 5 rings (SSSR count). The number of carbonyl (C=O) groups excluding carboxylic acids is 2. The molecule has 6 heteroatoms. The van der Waals surface area contributed by atoms with Crippen LogP contribution < -0.4 is 0 Å². The molecular weight excluding hydrogens is 366 g/mol. The Bertz CT molecular complexity index is 937. The lowest BCUT2D eigenvalue weighted by Crippen LogP contribution is -2.61. The molecule has 2 aromatic rings. The predicted molar refractivity (Wildman–Crippen MR) is 111 cm³/mol. The summed E-state index contributed by atoms with van der Waals surface area (Å²) < 4.78 is 7.35. The fraction of sp³-hybridized carbons (Fsp3) is 0.565. The molecule has 0 saturated carbocycles. The van der Waals surface area contributed by atoms with Gasteiger partial charge in [0.15, 0.2) is 0 Å². The molecule has 0 aliphatic carbocycles. The van der Waals surface area contributed by atoms with Gasteiger partial charge in [-0.3, -0.25) is 9.59 Å². The van der Waals surface area contributed by atoms with Gasteiger partial charge in [-0.05, 0) is 54.7 Å². The molecule has 2 amide bonds. The number of likely N-dealkylation sites (tertiary alicyclic amines) is 1. The topological polar surface area (TPSA) is 54.8 Å². The van der Waals surface area contributed by atoms with Crippen LogP contribution in [0.1, 0.15) is 36.0 Å². The van der Waals surface area contributed by atoms with Crippen molar-refractivity contribution in [1.29, 1.82) is 0 Å². The van der Waals surface area contributed by atoms with Crippen molar-refractivity contribution in [3.63, 3.8) is 0 Å². The Morgan fingerprint density at radius 1 is 1.21 bits per heavy atom. The van der Waals surface area contributed by atoms with Gasteiger partial charge in [0.25, 0.3) is 5.91 Å². The summed E-state index contributed by atoms with van der Waals surface area (Å²) in [6, 6.07) is 8.43. The van der Waals surface area contributed by atoms with E-state index >= 15 is 0 Å². The first kappa shape index (κ1) is 18.7. The van der Waals surface area contributed by atoms with Crippen LogP contribution in [0.25, 0.3) is 10.9 Å². The van der Waals surface area contributed by atoms with Crippen molar-refractivity contribution in [1.82, 2.24) is 14.4 Å². The summed E-state index contributed by atoms with van der Waals surface area (Å²) in [4.78, 5) is 29.9. The first-order valence-electron chi connectivity index (χ1n) is 10.8. The molecule has 4 heterocycles. The van der Waals surface area contributed by atoms with Gasteiger partial charge in [0, 0.05) is 63.0 Å². The average molecular weight is 396 g/mol. The highest BCUT2D eigenvalue weighted by Gasteiger charge is 2.44. The number of benzene rings is 1. The van der Waals surface area contributed by atoms with Crippen molar-refractivity contribution in [2.45, 2.75) is 38.3 Å². The Hall–Kier alpha value is -2.34. The van der Waals surface area contributed by atoms with Gasteiger partial charge in [-0.15, -0.1) is 0 Å². The second-order valence-electron chi connectivity index (χ2n) is 8.85. The maximum absolute atomic E-state index is 13.4. The van der Waals surface area contributed by atoms with Crippen LogP contribution in [0, 0.1) is 11.8 Å². The van der Waals surface area contributed by atoms with Crippen molar-refractivity contribution < 1.29 is 14.3 Å². The number of hydrogen-bond acceptors (Lipinski definition) is 3. The third-order valence-corrected chi connectivity index (χ3v) is 7.02. The average Bonchev–Trinajstić information content (AvgIpc) is 3.14. The van der Waals surface area contributed by atoms with Crippen molar-refractivity contribution in [2.24, 2.45) is 11.8 Å². The number of rotatable bonds is 4. The number of nitrogens with zero attached hydrogens (tertiary/aromatic N) is 3. The quantitative estimate of drug-likeness (QED) is 0.800. The normalized spacial score (nSPS) is 26.7. The molecule has 1 aromatic heterocycles. The molecule has 0 spiro atoms. The fourth-order valence-electron chi connectivity index (χ4n) is 5.66. The zero-order valence-electron chi connectivity index (χ0n) is 17.0. The van der Waals surface area contributed by atoms with E-state index in [1.54, 1.807) is 7.11 Å². The Balaban J connectivity index is 1.36. The van der Waals surface area contributed by atoms with E-state index in [1.807, 2.05) is 23.1 Å². The monoisotopic (exact) mass is 395 g/mol. The van der Waals surface area contributed by atoms with Gasteiger partial charge in [0.1, 0.15) is 0 Å². The van der Waals surface area contributed by atoms with E-state index < -0.39 is 0 Å². The Kier molecular flexibility index (Phi) is 4.82. The third kappa shape index (κ3) is 3.33. The molecule has 3 atom stereocenters. The molecule has 3 saturated heterocycles. The van der Waals surface area contributed by atoms with E-state index in [4.69, 9.17) is 4.74 Å². The maximum atomic E-state index is 13.4. The standard InChI is InChI=1S/C23H29N3O3/c1-29-10-9-24-8-7-17-5-6-18(12-21(17)24)23(28)25-13-16-11-19(15-25)20-3-2-4-22(27)26(20)14-16/h5-8,12,16,19-20H,2-4,9-11,13-15H2,1H3/t16-,19+,20+/m1/s1. The van der Waals surface area contributed by atoms with Gasteiger partial charge in [-0.2, -0.15) is 0 Å². The molecule has 0 radical (unpaired) electrons. The van der Waals surface area contributed by atoms with Crippen molar-refractivity contribution >= 4 is 22.7 Å². The van der Waals surface area contributed by atoms with Crippen LogP contribution in [0.3, 0.4) is 0 Å². The summed E-state index contributed by atoms with van der Waals surface area (Å²) in [7, 11) is 1.70. The van der Waals surface area contributed by atoms with E-state index in [0.717, 1.165) is 61.9 Å². The molecule has 1 aromatic carbocycles. The number of piperidine rings is 3. The highest BCUT2D eigenvalue weighted by atomic mass is 16.5. The van der Waals surface area contributed by atoms with Crippen LogP contribution >= 0.6 is 0 Å². The molecule has 154 valence electrons. The van der Waals surface area contributed by atoms with Gasteiger partial charge >= 0.3 is 0 Å². The minimum absolute atomic E-state index is 0.122. The number of methoxy groups -OCH3 is 1. The lowest BCUT2D eigenvalue weighted by atomic mass is 9.76. The minimum Gasteiger partial charge on any atom is -0.383 e. The Morgan fingerprint density at radius 3 is 2.97 bits per heavy atom. The largest absolute Gasteiger partial charge is 0.383 e. The van der Waals surface area contributed by atoms with Gasteiger partial charge < -0.3 is 19.1 Å². The minimum atomic E-state index is 0.122. The second kappa shape index (κ2) is 7.48. The molecule has 3 aliphatic rings. The van der Waals surface area contributed by atoms with Crippen LogP contribution in [0.15, 0.2) is 30.5 Å². The number of ether oxygens (including phenoxy) is 1. The zero-order chi connectivity index (χ0) is 20.0. The second-order valence-corrected chi connectivity index (χ2v) is 8.85. The van der Waals surface area contributed by atoms with E-state index in [1.165, 1.54) is 0 Å². The first-order chi connectivity index (χ1) is 14.1. The van der Waals surface area contributed by atoms with Crippen LogP contribution in [0.5, 0.6) is 0 Å². The van der Waals surface area contributed by atoms with Crippen LogP contribution in [-0.4, -0.2) is 65.6 Å². The zero-order valence-corrected chi connectivity index (χ0v) is 17.0. The molecule has 29 heavy (non-hydrogen) atoms. The molecule has 3 fully saturated rings. The van der Waals surface area contributed by atoms with Crippen LogP contribution in [0.2, 0.25) is 0 Å². The number of carbonyl (C=O) groups is 2. The van der Waals surface area contributed by atoms with Crippen LogP contribution in [0.4, 0.5) is 0 Å². The van der Waals surface area contributed by atoms with Gasteiger partial charge in [0.05, 0.1) is 6.61 Å². The third-order valence-electron chi connectivity index (χ3n) is 7.02. The molecule has 2 bridgehead atoms. The smallest absolute Gasteiger partial charge is 0.253 e. The van der Waals surface area contributed by atoms with Crippen molar-refractivity contribution in [3.8, 4) is 0 Å². The number of aromatic nitrogens is 1. The molecule has 6 nitrogen and oxygen atoms in total. The SMILES string of the molecule is COCCn1ccc2ccc(C(=O)N3C[C@H]4C[C@@H](C3)[C@@H]3CCCC(=O)N3C4)cc21. The Morgan fingerprint density at radius 2 is 2.10 bits per heavy atom. The van der Waals surface area contributed by atoms with Crippen molar-refractivity contribution in [2.75, 3.05) is 33.4 Å². The van der Waals surface area contributed by atoms with Crippen molar-refractivity contribution in [3.05, 3.63) is 36.0 Å². The molecule has 0 unspecified atom stereocenters. The summed E-state index contributed by atoms with van der Waals surface area (Å²) in [5.74, 6) is 1.27. The number of amides is 2. The lowest BCUT2D eigenvalue weighted by molar-refractivity contribution is -0.144. The summed E-state index contributed by atoms with van der Waals surface area (Å²) in [5, 5.41) is 1.14. The summed E-state index contributed by atoms with van der Waals surface area (Å²) >= 11 is 0. The van der Waals surface area contributed by atoms with Crippen LogP contribution in [-0.2, 0) is 16.1 Å². The first-order valence-corrected chi connectivity index (χ1v) is 10.8. The van der Waals surface area contributed by atoms with Gasteiger partial charge in [0.2, 0.25) is 5.91 Å². The lowest BCUT2D eigenvalue weighted by Gasteiger charge is -2.52. The molecular formula is C23H29N3O3. The summed E-state index contributed by atoms with van der Waals surface area (Å²) in [6.07, 6.45) is 5.98. The predicted octanol–water partition coefficient (Wildman–Crippen LogP) is 2.76. The summed E-state index contributed by atoms with van der Waals surface area (Å²) in [5.41, 5.74) is 1.83.